The third-order valence-corrected chi connectivity index (χ3v) is 3.54. The molecule has 19 heavy (non-hydrogen) atoms. The SMILES string of the molecule is CN1CCC(CN(C)c2cc(N(C)C#N)ncn2)C1. The summed E-state index contributed by atoms with van der Waals surface area (Å²) >= 11 is 0. The van der Waals surface area contributed by atoms with Gasteiger partial charge in [0.2, 0.25) is 0 Å². The lowest BCUT2D eigenvalue weighted by Crippen LogP contribution is -2.28. The quantitative estimate of drug-likeness (QED) is 0.589. The number of aromatic nitrogens is 2. The average molecular weight is 260 g/mol. The van der Waals surface area contributed by atoms with Crippen LogP contribution >= 0.6 is 0 Å². The van der Waals surface area contributed by atoms with Crippen LogP contribution in [0.5, 0.6) is 0 Å². The normalized spacial score (nSPS) is 19.2. The zero-order valence-electron chi connectivity index (χ0n) is 11.7. The molecule has 0 spiro atoms. The van der Waals surface area contributed by atoms with Gasteiger partial charge < -0.3 is 9.80 Å². The Morgan fingerprint density at radius 1 is 1.42 bits per heavy atom. The zero-order valence-corrected chi connectivity index (χ0v) is 11.7. The van der Waals surface area contributed by atoms with Gasteiger partial charge in [0.15, 0.2) is 6.19 Å². The Morgan fingerprint density at radius 3 is 2.79 bits per heavy atom. The lowest BCUT2D eigenvalue weighted by atomic mass is 10.1. The lowest BCUT2D eigenvalue weighted by Gasteiger charge is -2.22. The highest BCUT2D eigenvalue weighted by Gasteiger charge is 2.21. The molecule has 1 aromatic heterocycles. The summed E-state index contributed by atoms with van der Waals surface area (Å²) in [6, 6.07) is 1.85. The molecule has 0 radical (unpaired) electrons. The largest absolute Gasteiger partial charge is 0.359 e. The molecule has 6 nitrogen and oxygen atoms in total. The van der Waals surface area contributed by atoms with E-state index in [0.717, 1.165) is 18.9 Å². The topological polar surface area (TPSA) is 59.3 Å². The minimum absolute atomic E-state index is 0.628. The molecule has 2 heterocycles. The van der Waals surface area contributed by atoms with Crippen LogP contribution in [0.1, 0.15) is 6.42 Å². The van der Waals surface area contributed by atoms with Crippen LogP contribution in [-0.2, 0) is 0 Å². The molecule has 0 bridgehead atoms. The Bertz CT molecular complexity index is 468. The van der Waals surface area contributed by atoms with E-state index in [1.807, 2.05) is 19.3 Å². The summed E-state index contributed by atoms with van der Waals surface area (Å²) in [5, 5.41) is 8.87. The molecule has 0 aromatic carbocycles. The fraction of sp³-hybridized carbons (Fsp3) is 0.615. The number of rotatable bonds is 4. The second-order valence-corrected chi connectivity index (χ2v) is 5.19. The Morgan fingerprint density at radius 2 is 2.16 bits per heavy atom. The fourth-order valence-electron chi connectivity index (χ4n) is 2.44. The molecule has 1 aromatic rings. The number of nitrogens with zero attached hydrogens (tertiary/aromatic N) is 6. The predicted octanol–water partition coefficient (Wildman–Crippen LogP) is 0.782. The monoisotopic (exact) mass is 260 g/mol. The molecule has 102 valence electrons. The number of nitriles is 1. The van der Waals surface area contributed by atoms with E-state index in [2.05, 4.69) is 26.8 Å². The number of hydrogen-bond acceptors (Lipinski definition) is 6. The molecule has 1 saturated heterocycles. The van der Waals surface area contributed by atoms with Crippen LogP contribution in [0.2, 0.25) is 0 Å². The van der Waals surface area contributed by atoms with Crippen molar-refractivity contribution in [2.75, 3.05) is 50.6 Å². The first kappa shape index (κ1) is 13.6. The minimum Gasteiger partial charge on any atom is -0.359 e. The van der Waals surface area contributed by atoms with E-state index in [1.165, 1.54) is 24.2 Å². The van der Waals surface area contributed by atoms with Gasteiger partial charge in [0.25, 0.3) is 0 Å². The van der Waals surface area contributed by atoms with Gasteiger partial charge in [0.1, 0.15) is 18.0 Å². The van der Waals surface area contributed by atoms with E-state index in [9.17, 15) is 0 Å². The molecular weight excluding hydrogens is 240 g/mol. The van der Waals surface area contributed by atoms with Gasteiger partial charge in [-0.05, 0) is 25.9 Å². The highest BCUT2D eigenvalue weighted by atomic mass is 15.2. The van der Waals surface area contributed by atoms with Gasteiger partial charge in [-0.25, -0.2) is 9.97 Å². The van der Waals surface area contributed by atoms with E-state index in [1.54, 1.807) is 7.05 Å². The number of likely N-dealkylation sites (tertiary alicyclic amines) is 1. The van der Waals surface area contributed by atoms with Crippen LogP contribution in [0, 0.1) is 17.4 Å². The third-order valence-electron chi connectivity index (χ3n) is 3.54. The summed E-state index contributed by atoms with van der Waals surface area (Å²) in [6.07, 6.45) is 4.79. The van der Waals surface area contributed by atoms with Crippen molar-refractivity contribution in [1.29, 1.82) is 5.26 Å². The fourth-order valence-corrected chi connectivity index (χ4v) is 2.44. The number of anilines is 2. The van der Waals surface area contributed by atoms with Crippen molar-refractivity contribution in [1.82, 2.24) is 14.9 Å². The Balaban J connectivity index is 2.03. The molecule has 1 fully saturated rings. The summed E-state index contributed by atoms with van der Waals surface area (Å²) in [4.78, 5) is 14.3. The van der Waals surface area contributed by atoms with Gasteiger partial charge in [-0.3, -0.25) is 4.90 Å². The maximum Gasteiger partial charge on any atom is 0.185 e. The van der Waals surface area contributed by atoms with Crippen LogP contribution in [0.3, 0.4) is 0 Å². The van der Waals surface area contributed by atoms with Gasteiger partial charge >= 0.3 is 0 Å². The molecule has 1 aliphatic heterocycles. The van der Waals surface area contributed by atoms with Crippen LogP contribution < -0.4 is 9.80 Å². The molecule has 0 aliphatic carbocycles. The van der Waals surface area contributed by atoms with Crippen molar-refractivity contribution in [2.45, 2.75) is 6.42 Å². The summed E-state index contributed by atoms with van der Waals surface area (Å²) in [6.45, 7) is 3.29. The van der Waals surface area contributed by atoms with Crippen molar-refractivity contribution in [2.24, 2.45) is 5.92 Å². The van der Waals surface area contributed by atoms with Crippen molar-refractivity contribution in [3.05, 3.63) is 12.4 Å². The van der Waals surface area contributed by atoms with E-state index < -0.39 is 0 Å². The maximum atomic E-state index is 8.87. The molecule has 0 N–H and O–H groups in total. The van der Waals surface area contributed by atoms with E-state index in [-0.39, 0.29) is 0 Å². The minimum atomic E-state index is 0.628. The van der Waals surface area contributed by atoms with Crippen LogP contribution in [0.25, 0.3) is 0 Å². The van der Waals surface area contributed by atoms with Crippen molar-refractivity contribution >= 4 is 11.6 Å². The van der Waals surface area contributed by atoms with E-state index in [4.69, 9.17) is 5.26 Å². The first-order chi connectivity index (χ1) is 9.10. The molecule has 6 heteroatoms. The molecule has 0 amide bonds. The molecule has 1 unspecified atom stereocenters. The average Bonchev–Trinajstić information content (AvgIpc) is 2.83. The lowest BCUT2D eigenvalue weighted by molar-refractivity contribution is 0.395. The molecule has 1 atom stereocenters. The second-order valence-electron chi connectivity index (χ2n) is 5.19. The van der Waals surface area contributed by atoms with Crippen LogP contribution in [0.15, 0.2) is 12.4 Å². The van der Waals surface area contributed by atoms with Crippen molar-refractivity contribution in [3.8, 4) is 6.19 Å². The first-order valence-corrected chi connectivity index (χ1v) is 6.45. The summed E-state index contributed by atoms with van der Waals surface area (Å²) in [7, 11) is 5.89. The smallest absolute Gasteiger partial charge is 0.185 e. The van der Waals surface area contributed by atoms with Gasteiger partial charge in [-0.15, -0.1) is 0 Å². The first-order valence-electron chi connectivity index (χ1n) is 6.45. The van der Waals surface area contributed by atoms with Gasteiger partial charge in [-0.1, -0.05) is 0 Å². The molecular formula is C13H20N6. The van der Waals surface area contributed by atoms with Gasteiger partial charge in [0, 0.05) is 33.3 Å². The highest BCUT2D eigenvalue weighted by Crippen LogP contribution is 2.20. The summed E-state index contributed by atoms with van der Waals surface area (Å²) < 4.78 is 0. The van der Waals surface area contributed by atoms with Crippen LogP contribution in [0.4, 0.5) is 11.6 Å². The van der Waals surface area contributed by atoms with Crippen molar-refractivity contribution in [3.63, 3.8) is 0 Å². The predicted molar refractivity (Wildman–Crippen MR) is 74.9 cm³/mol. The van der Waals surface area contributed by atoms with Gasteiger partial charge in [-0.2, -0.15) is 5.26 Å². The highest BCUT2D eigenvalue weighted by molar-refractivity contribution is 5.51. The van der Waals surface area contributed by atoms with Gasteiger partial charge in [0.05, 0.1) is 0 Å². The third kappa shape index (κ3) is 3.32. The summed E-state index contributed by atoms with van der Waals surface area (Å²) in [5.41, 5.74) is 0. The van der Waals surface area contributed by atoms with Crippen molar-refractivity contribution < 1.29 is 0 Å². The second kappa shape index (κ2) is 5.85. The van der Waals surface area contributed by atoms with Crippen LogP contribution in [-0.4, -0.2) is 55.6 Å². The maximum absolute atomic E-state index is 8.87. The molecule has 2 rings (SSSR count). The Labute approximate surface area is 114 Å². The Hall–Kier alpha value is -1.87. The number of hydrogen-bond donors (Lipinski definition) is 0. The summed E-state index contributed by atoms with van der Waals surface area (Å²) in [5.74, 6) is 2.17. The zero-order chi connectivity index (χ0) is 13.8. The van der Waals surface area contributed by atoms with E-state index >= 15 is 0 Å². The Kier molecular flexibility index (Phi) is 4.17. The van der Waals surface area contributed by atoms with E-state index in [0.29, 0.717) is 11.7 Å². The molecule has 0 saturated carbocycles. The molecule has 1 aliphatic rings. The standard InChI is InChI=1S/C13H20N6/c1-17-5-4-11(7-17)8-18(2)12-6-13(16-10-15-12)19(3)9-14/h6,10-11H,4-5,7-8H2,1-3H3.